The lowest BCUT2D eigenvalue weighted by atomic mass is 10.1. The van der Waals surface area contributed by atoms with E-state index in [2.05, 4.69) is 22.1 Å². The van der Waals surface area contributed by atoms with Gasteiger partial charge in [0.05, 0.1) is 0 Å². The highest BCUT2D eigenvalue weighted by molar-refractivity contribution is 6.30. The number of anilines is 1. The van der Waals surface area contributed by atoms with Crippen LogP contribution in [0.1, 0.15) is 18.2 Å². The molecule has 0 radical (unpaired) electrons. The van der Waals surface area contributed by atoms with Gasteiger partial charge in [0.15, 0.2) is 0 Å². The summed E-state index contributed by atoms with van der Waals surface area (Å²) < 4.78 is 0. The van der Waals surface area contributed by atoms with E-state index < -0.39 is 0 Å². The number of nitrogens with one attached hydrogen (secondary N) is 1. The molecule has 1 atom stereocenters. The fourth-order valence-electron chi connectivity index (χ4n) is 3.26. The second-order valence-electron chi connectivity index (χ2n) is 6.78. The molecule has 0 saturated carbocycles. The number of hydrogen-bond donors (Lipinski definition) is 1. The topological polar surface area (TPSA) is 48.5 Å². The number of pyridine rings is 1. The van der Waals surface area contributed by atoms with E-state index in [0.717, 1.165) is 35.9 Å². The van der Waals surface area contributed by atoms with Crippen LogP contribution in [0.5, 0.6) is 0 Å². The third kappa shape index (κ3) is 4.67. The van der Waals surface area contributed by atoms with Crippen LogP contribution >= 0.6 is 11.6 Å². The van der Waals surface area contributed by atoms with Crippen molar-refractivity contribution in [1.29, 1.82) is 0 Å². The van der Waals surface area contributed by atoms with Crippen LogP contribution < -0.4 is 10.2 Å². The van der Waals surface area contributed by atoms with Crippen molar-refractivity contribution in [3.8, 4) is 0 Å². The lowest BCUT2D eigenvalue weighted by Crippen LogP contribution is -2.53. The largest absolute Gasteiger partial charge is 0.368 e. The molecule has 5 nitrogen and oxygen atoms in total. The van der Waals surface area contributed by atoms with E-state index in [9.17, 15) is 4.79 Å². The van der Waals surface area contributed by atoms with Crippen molar-refractivity contribution in [2.75, 3.05) is 31.1 Å². The zero-order chi connectivity index (χ0) is 18.5. The summed E-state index contributed by atoms with van der Waals surface area (Å²) >= 11 is 6.13. The van der Waals surface area contributed by atoms with E-state index in [1.165, 1.54) is 5.56 Å². The average molecular weight is 373 g/mol. The molecule has 2 amide bonds. The van der Waals surface area contributed by atoms with E-state index in [4.69, 9.17) is 11.6 Å². The Labute approximate surface area is 160 Å². The van der Waals surface area contributed by atoms with E-state index in [1.807, 2.05) is 48.2 Å². The van der Waals surface area contributed by atoms with Crippen LogP contribution in [0, 0.1) is 6.92 Å². The van der Waals surface area contributed by atoms with Crippen LogP contribution in [-0.4, -0.2) is 48.1 Å². The second-order valence-corrected chi connectivity index (χ2v) is 7.22. The molecule has 3 rings (SSSR count). The minimum absolute atomic E-state index is 0.00380. The van der Waals surface area contributed by atoms with Gasteiger partial charge in [-0.3, -0.25) is 4.98 Å². The van der Waals surface area contributed by atoms with Gasteiger partial charge in [-0.25, -0.2) is 4.79 Å². The normalized spacial score (nSPS) is 15.7. The van der Waals surface area contributed by atoms with E-state index in [-0.39, 0.29) is 12.1 Å². The van der Waals surface area contributed by atoms with Crippen LogP contribution in [-0.2, 0) is 6.42 Å². The third-order valence-electron chi connectivity index (χ3n) is 4.69. The number of carbonyl (C=O) groups excluding carboxylic acids is 1. The van der Waals surface area contributed by atoms with Gasteiger partial charge in [-0.1, -0.05) is 23.7 Å². The van der Waals surface area contributed by atoms with Gasteiger partial charge < -0.3 is 15.1 Å². The van der Waals surface area contributed by atoms with Gasteiger partial charge in [-0.05, 0) is 43.7 Å². The summed E-state index contributed by atoms with van der Waals surface area (Å²) in [5.74, 6) is 0. The number of rotatable bonds is 4. The van der Waals surface area contributed by atoms with Gasteiger partial charge in [0, 0.05) is 61.2 Å². The molecule has 0 spiro atoms. The summed E-state index contributed by atoms with van der Waals surface area (Å²) in [6.07, 6.45) is 2.51. The highest BCUT2D eigenvalue weighted by Crippen LogP contribution is 2.25. The van der Waals surface area contributed by atoms with Crippen molar-refractivity contribution in [3.05, 3.63) is 58.9 Å². The van der Waals surface area contributed by atoms with Crippen molar-refractivity contribution < 1.29 is 4.79 Å². The Morgan fingerprint density at radius 1 is 1.23 bits per heavy atom. The summed E-state index contributed by atoms with van der Waals surface area (Å²) in [4.78, 5) is 21.0. The Balaban J connectivity index is 1.51. The van der Waals surface area contributed by atoms with Crippen molar-refractivity contribution >= 4 is 23.3 Å². The summed E-state index contributed by atoms with van der Waals surface area (Å²) in [5, 5.41) is 3.83. The van der Waals surface area contributed by atoms with Gasteiger partial charge in [0.2, 0.25) is 0 Å². The Morgan fingerprint density at radius 3 is 2.69 bits per heavy atom. The first-order valence-electron chi connectivity index (χ1n) is 8.99. The van der Waals surface area contributed by atoms with Crippen LogP contribution in [0.15, 0.2) is 42.6 Å². The molecule has 1 saturated heterocycles. The Hall–Kier alpha value is -2.27. The van der Waals surface area contributed by atoms with Crippen molar-refractivity contribution in [2.24, 2.45) is 0 Å². The number of benzene rings is 1. The quantitative estimate of drug-likeness (QED) is 0.893. The van der Waals surface area contributed by atoms with E-state index in [1.54, 1.807) is 6.20 Å². The molecular weight excluding hydrogens is 348 g/mol. The molecular formula is C20H25ClN4O. The minimum Gasteiger partial charge on any atom is -0.368 e. The van der Waals surface area contributed by atoms with Gasteiger partial charge in [0.1, 0.15) is 0 Å². The smallest absolute Gasteiger partial charge is 0.317 e. The third-order valence-corrected chi connectivity index (χ3v) is 4.93. The summed E-state index contributed by atoms with van der Waals surface area (Å²) in [5.41, 5.74) is 3.35. The van der Waals surface area contributed by atoms with Crippen LogP contribution in [0.2, 0.25) is 5.02 Å². The predicted molar refractivity (Wildman–Crippen MR) is 106 cm³/mol. The molecule has 1 aromatic heterocycles. The second kappa shape index (κ2) is 8.41. The molecule has 2 heterocycles. The Bertz CT molecular complexity index is 745. The summed E-state index contributed by atoms with van der Waals surface area (Å²) in [7, 11) is 0. The number of hydrogen-bond acceptors (Lipinski definition) is 3. The lowest BCUT2D eigenvalue weighted by molar-refractivity contribution is 0.191. The average Bonchev–Trinajstić information content (AvgIpc) is 2.64. The van der Waals surface area contributed by atoms with Gasteiger partial charge in [-0.2, -0.15) is 0 Å². The molecule has 6 heteroatoms. The molecule has 26 heavy (non-hydrogen) atoms. The minimum atomic E-state index is -0.00380. The van der Waals surface area contributed by atoms with Crippen molar-refractivity contribution in [2.45, 2.75) is 26.3 Å². The fourth-order valence-corrected chi connectivity index (χ4v) is 3.43. The standard InChI is InChI=1S/C20H25ClN4O/c1-15-6-7-17(21)14-19(15)24-9-11-25(12-10-24)20(26)23-16(2)13-18-5-3-4-8-22-18/h3-8,14,16H,9-13H2,1-2H3,(H,23,26). The highest BCUT2D eigenvalue weighted by atomic mass is 35.5. The van der Waals surface area contributed by atoms with Crippen molar-refractivity contribution in [3.63, 3.8) is 0 Å². The first-order valence-corrected chi connectivity index (χ1v) is 9.37. The van der Waals surface area contributed by atoms with Gasteiger partial charge in [0.25, 0.3) is 0 Å². The Morgan fingerprint density at radius 2 is 2.00 bits per heavy atom. The molecule has 1 aliphatic rings. The van der Waals surface area contributed by atoms with Crippen LogP contribution in [0.3, 0.4) is 0 Å². The molecule has 0 aliphatic carbocycles. The first kappa shape index (κ1) is 18.5. The zero-order valence-corrected chi connectivity index (χ0v) is 16.0. The highest BCUT2D eigenvalue weighted by Gasteiger charge is 2.23. The summed E-state index contributed by atoms with van der Waals surface area (Å²) in [6, 6.07) is 11.8. The molecule has 1 fully saturated rings. The van der Waals surface area contributed by atoms with Crippen molar-refractivity contribution in [1.82, 2.24) is 15.2 Å². The molecule has 0 bridgehead atoms. The predicted octanol–water partition coefficient (Wildman–Crippen LogP) is 3.51. The maximum atomic E-state index is 12.5. The van der Waals surface area contributed by atoms with Gasteiger partial charge >= 0.3 is 6.03 Å². The number of halogens is 1. The Kier molecular flexibility index (Phi) is 5.99. The number of urea groups is 1. The lowest BCUT2D eigenvalue weighted by Gasteiger charge is -2.37. The molecule has 1 N–H and O–H groups in total. The molecule has 138 valence electrons. The molecule has 1 aliphatic heterocycles. The number of nitrogens with zero attached hydrogens (tertiary/aromatic N) is 3. The fraction of sp³-hybridized carbons (Fsp3) is 0.400. The maximum absolute atomic E-state index is 12.5. The number of aromatic nitrogens is 1. The molecule has 1 aromatic carbocycles. The SMILES string of the molecule is Cc1ccc(Cl)cc1N1CCN(C(=O)NC(C)Cc2ccccn2)CC1. The molecule has 2 aromatic rings. The summed E-state index contributed by atoms with van der Waals surface area (Å²) in [6.45, 7) is 7.12. The number of aryl methyl sites for hydroxylation is 1. The van der Waals surface area contributed by atoms with E-state index in [0.29, 0.717) is 13.1 Å². The maximum Gasteiger partial charge on any atom is 0.317 e. The zero-order valence-electron chi connectivity index (χ0n) is 15.3. The van der Waals surface area contributed by atoms with Crippen LogP contribution in [0.25, 0.3) is 0 Å². The first-order chi connectivity index (χ1) is 12.5. The number of carbonyl (C=O) groups is 1. The monoisotopic (exact) mass is 372 g/mol. The number of amides is 2. The molecule has 1 unspecified atom stereocenters. The van der Waals surface area contributed by atoms with Crippen LogP contribution in [0.4, 0.5) is 10.5 Å². The number of piperazine rings is 1. The van der Waals surface area contributed by atoms with E-state index >= 15 is 0 Å². The van der Waals surface area contributed by atoms with Gasteiger partial charge in [-0.15, -0.1) is 0 Å².